The lowest BCUT2D eigenvalue weighted by atomic mass is 10.1. The van der Waals surface area contributed by atoms with Crippen LogP contribution in [0, 0.1) is 0 Å². The first-order chi connectivity index (χ1) is 6.72. The van der Waals surface area contributed by atoms with E-state index in [-0.39, 0.29) is 0 Å². The van der Waals surface area contributed by atoms with Gasteiger partial charge in [0.2, 0.25) is 0 Å². The van der Waals surface area contributed by atoms with Crippen molar-refractivity contribution in [2.75, 3.05) is 11.9 Å². The monoisotopic (exact) mass is 230 g/mol. The van der Waals surface area contributed by atoms with Crippen LogP contribution < -0.4 is 11.1 Å². The maximum absolute atomic E-state index is 6.08. The molecule has 14 heavy (non-hydrogen) atoms. The molecule has 1 unspecified atom stereocenters. The predicted octanol–water partition coefficient (Wildman–Crippen LogP) is 2.68. The average molecular weight is 231 g/mol. The molecular formula is C10H12Cl2N2. The molecule has 1 aromatic rings. The molecule has 0 radical (unpaired) electrons. The standard InChI is InChI=1S/C10H12Cl2N2/c11-8-2-1-6-5-7(3-4-13)14-10(6)9(8)12/h1-2,7,14H,3-5,13H2. The van der Waals surface area contributed by atoms with Gasteiger partial charge in [-0.2, -0.15) is 0 Å². The molecule has 0 fully saturated rings. The average Bonchev–Trinajstić information content (AvgIpc) is 2.56. The summed E-state index contributed by atoms with van der Waals surface area (Å²) in [4.78, 5) is 0. The van der Waals surface area contributed by atoms with E-state index < -0.39 is 0 Å². The van der Waals surface area contributed by atoms with Gasteiger partial charge in [0.15, 0.2) is 0 Å². The van der Waals surface area contributed by atoms with E-state index in [0.717, 1.165) is 18.5 Å². The summed E-state index contributed by atoms with van der Waals surface area (Å²) in [5.41, 5.74) is 7.73. The van der Waals surface area contributed by atoms with Crippen molar-refractivity contribution in [3.05, 3.63) is 27.7 Å². The fourth-order valence-electron chi connectivity index (χ4n) is 1.81. The molecule has 0 aromatic heterocycles. The number of halogens is 2. The summed E-state index contributed by atoms with van der Waals surface area (Å²) in [6, 6.07) is 4.27. The van der Waals surface area contributed by atoms with Crippen LogP contribution in [0.5, 0.6) is 0 Å². The summed E-state index contributed by atoms with van der Waals surface area (Å²) < 4.78 is 0. The number of hydrogen-bond acceptors (Lipinski definition) is 2. The van der Waals surface area contributed by atoms with Crippen LogP contribution in [-0.4, -0.2) is 12.6 Å². The van der Waals surface area contributed by atoms with Crippen LogP contribution >= 0.6 is 23.2 Å². The Hall–Kier alpha value is -0.440. The third-order valence-electron chi connectivity index (χ3n) is 2.51. The smallest absolute Gasteiger partial charge is 0.0826 e. The highest BCUT2D eigenvalue weighted by atomic mass is 35.5. The molecule has 0 saturated heterocycles. The lowest BCUT2D eigenvalue weighted by molar-refractivity contribution is 0.684. The van der Waals surface area contributed by atoms with Crippen molar-refractivity contribution >= 4 is 28.9 Å². The summed E-state index contributed by atoms with van der Waals surface area (Å²) in [6.07, 6.45) is 1.95. The minimum absolute atomic E-state index is 0.408. The van der Waals surface area contributed by atoms with Crippen molar-refractivity contribution < 1.29 is 0 Å². The van der Waals surface area contributed by atoms with E-state index in [2.05, 4.69) is 5.32 Å². The van der Waals surface area contributed by atoms with Gasteiger partial charge in [-0.3, -0.25) is 0 Å². The second kappa shape index (κ2) is 3.97. The minimum Gasteiger partial charge on any atom is -0.380 e. The predicted molar refractivity (Wildman–Crippen MR) is 61.2 cm³/mol. The van der Waals surface area contributed by atoms with Gasteiger partial charge in [0.1, 0.15) is 0 Å². The van der Waals surface area contributed by atoms with Gasteiger partial charge in [0.25, 0.3) is 0 Å². The fraction of sp³-hybridized carbons (Fsp3) is 0.400. The maximum Gasteiger partial charge on any atom is 0.0826 e. The summed E-state index contributed by atoms with van der Waals surface area (Å²) in [6.45, 7) is 0.691. The highest BCUT2D eigenvalue weighted by Gasteiger charge is 2.22. The van der Waals surface area contributed by atoms with E-state index in [4.69, 9.17) is 28.9 Å². The molecule has 3 N–H and O–H groups in total. The highest BCUT2D eigenvalue weighted by Crippen LogP contribution is 2.38. The maximum atomic E-state index is 6.08. The molecule has 1 aromatic carbocycles. The van der Waals surface area contributed by atoms with E-state index in [1.54, 1.807) is 0 Å². The first kappa shape index (κ1) is 10.1. The molecule has 2 nitrogen and oxygen atoms in total. The fourth-order valence-corrected chi connectivity index (χ4v) is 2.21. The van der Waals surface area contributed by atoms with E-state index in [0.29, 0.717) is 22.6 Å². The first-order valence-corrected chi connectivity index (χ1v) is 5.41. The molecule has 1 aliphatic rings. The summed E-state index contributed by atoms with van der Waals surface area (Å²) in [7, 11) is 0. The van der Waals surface area contributed by atoms with E-state index in [9.17, 15) is 0 Å². The molecule has 76 valence electrons. The van der Waals surface area contributed by atoms with Gasteiger partial charge in [-0.25, -0.2) is 0 Å². The summed E-state index contributed by atoms with van der Waals surface area (Å²) in [5.74, 6) is 0. The van der Waals surface area contributed by atoms with Crippen molar-refractivity contribution in [2.24, 2.45) is 5.73 Å². The van der Waals surface area contributed by atoms with Crippen LogP contribution in [0.2, 0.25) is 10.0 Å². The number of hydrogen-bond donors (Lipinski definition) is 2. The Labute approximate surface area is 93.4 Å². The van der Waals surface area contributed by atoms with Crippen molar-refractivity contribution in [2.45, 2.75) is 18.9 Å². The van der Waals surface area contributed by atoms with Gasteiger partial charge >= 0.3 is 0 Å². The quantitative estimate of drug-likeness (QED) is 0.821. The molecule has 0 bridgehead atoms. The SMILES string of the molecule is NCCC1Cc2ccc(Cl)c(Cl)c2N1. The number of fused-ring (bicyclic) bond motifs is 1. The summed E-state index contributed by atoms with van der Waals surface area (Å²) >= 11 is 12.0. The Bertz CT molecular complexity index is 352. The van der Waals surface area contributed by atoms with Gasteiger partial charge in [-0.05, 0) is 31.0 Å². The molecule has 0 aliphatic carbocycles. The Morgan fingerprint density at radius 2 is 2.21 bits per heavy atom. The number of rotatable bonds is 2. The van der Waals surface area contributed by atoms with Crippen LogP contribution in [0.25, 0.3) is 0 Å². The lowest BCUT2D eigenvalue weighted by Gasteiger charge is -2.09. The zero-order valence-electron chi connectivity index (χ0n) is 7.69. The number of nitrogens with two attached hydrogens (primary N) is 1. The van der Waals surface area contributed by atoms with Crippen LogP contribution in [0.15, 0.2) is 12.1 Å². The molecule has 0 amide bonds. The first-order valence-electron chi connectivity index (χ1n) is 4.66. The molecule has 2 rings (SSSR count). The normalized spacial score (nSPS) is 19.2. The Morgan fingerprint density at radius 3 is 2.93 bits per heavy atom. The van der Waals surface area contributed by atoms with Gasteiger partial charge in [-0.15, -0.1) is 0 Å². The van der Waals surface area contributed by atoms with Gasteiger partial charge in [-0.1, -0.05) is 29.3 Å². The molecule has 4 heteroatoms. The number of nitrogens with one attached hydrogen (secondary N) is 1. The van der Waals surface area contributed by atoms with Crippen LogP contribution in [-0.2, 0) is 6.42 Å². The van der Waals surface area contributed by atoms with Crippen molar-refractivity contribution in [3.63, 3.8) is 0 Å². The van der Waals surface area contributed by atoms with E-state index in [1.807, 2.05) is 12.1 Å². The minimum atomic E-state index is 0.408. The second-order valence-electron chi connectivity index (χ2n) is 3.52. The van der Waals surface area contributed by atoms with Crippen molar-refractivity contribution in [1.82, 2.24) is 0 Å². The second-order valence-corrected chi connectivity index (χ2v) is 4.30. The van der Waals surface area contributed by atoms with Crippen LogP contribution in [0.1, 0.15) is 12.0 Å². The van der Waals surface area contributed by atoms with E-state index >= 15 is 0 Å². The third-order valence-corrected chi connectivity index (χ3v) is 3.32. The van der Waals surface area contributed by atoms with Crippen molar-refractivity contribution in [1.29, 1.82) is 0 Å². The molecular weight excluding hydrogens is 219 g/mol. The molecule has 0 saturated carbocycles. The zero-order chi connectivity index (χ0) is 10.1. The van der Waals surface area contributed by atoms with Gasteiger partial charge in [0.05, 0.1) is 15.7 Å². The van der Waals surface area contributed by atoms with Gasteiger partial charge in [0, 0.05) is 6.04 Å². The molecule has 1 heterocycles. The molecule has 1 aliphatic heterocycles. The number of benzene rings is 1. The highest BCUT2D eigenvalue weighted by molar-refractivity contribution is 6.43. The molecule has 1 atom stereocenters. The third kappa shape index (κ3) is 1.70. The zero-order valence-corrected chi connectivity index (χ0v) is 9.20. The van der Waals surface area contributed by atoms with E-state index in [1.165, 1.54) is 5.56 Å². The topological polar surface area (TPSA) is 38.0 Å². The lowest BCUT2D eigenvalue weighted by Crippen LogP contribution is -2.19. The number of anilines is 1. The largest absolute Gasteiger partial charge is 0.380 e. The Morgan fingerprint density at radius 1 is 1.43 bits per heavy atom. The Kier molecular flexibility index (Phi) is 2.86. The Balaban J connectivity index is 2.26. The van der Waals surface area contributed by atoms with Crippen LogP contribution in [0.4, 0.5) is 5.69 Å². The van der Waals surface area contributed by atoms with Crippen molar-refractivity contribution in [3.8, 4) is 0 Å². The van der Waals surface area contributed by atoms with Gasteiger partial charge < -0.3 is 11.1 Å². The van der Waals surface area contributed by atoms with Crippen LogP contribution in [0.3, 0.4) is 0 Å². The molecule has 0 spiro atoms. The summed E-state index contributed by atoms with van der Waals surface area (Å²) in [5, 5.41) is 4.58.